The molecule has 19 heavy (non-hydrogen) atoms. The van der Waals surface area contributed by atoms with Crippen LogP contribution in [-0.4, -0.2) is 61.6 Å². The molecule has 0 N–H and O–H groups in total. The topological polar surface area (TPSA) is 32.8 Å². The van der Waals surface area contributed by atoms with E-state index in [2.05, 4.69) is 11.9 Å². The third kappa shape index (κ3) is 5.91. The Morgan fingerprint density at radius 1 is 1.05 bits per heavy atom. The standard InChI is InChI=1S/C13H24N2O2.C2H6/c1-14-9-5-12(6-10-14)17-11-13(16)15-7-3-2-4-8-15;1-2/h12H,2-11H2,1H3;1-2H3. The summed E-state index contributed by atoms with van der Waals surface area (Å²) in [5.41, 5.74) is 0. The molecule has 2 aliphatic rings. The first kappa shape index (κ1) is 16.4. The molecule has 4 nitrogen and oxygen atoms in total. The van der Waals surface area contributed by atoms with Crippen molar-refractivity contribution in [2.75, 3.05) is 39.8 Å². The number of likely N-dealkylation sites (tertiary alicyclic amines) is 2. The Morgan fingerprint density at radius 3 is 2.21 bits per heavy atom. The molecule has 0 aromatic rings. The molecule has 0 aliphatic carbocycles. The Labute approximate surface area is 118 Å². The van der Waals surface area contributed by atoms with Gasteiger partial charge in [0.2, 0.25) is 5.91 Å². The summed E-state index contributed by atoms with van der Waals surface area (Å²) >= 11 is 0. The Bertz CT molecular complexity index is 245. The summed E-state index contributed by atoms with van der Waals surface area (Å²) in [6.07, 6.45) is 5.98. The van der Waals surface area contributed by atoms with Gasteiger partial charge in [0.05, 0.1) is 6.10 Å². The van der Waals surface area contributed by atoms with Crippen LogP contribution in [0, 0.1) is 0 Å². The van der Waals surface area contributed by atoms with Crippen molar-refractivity contribution in [2.24, 2.45) is 0 Å². The monoisotopic (exact) mass is 270 g/mol. The molecule has 2 heterocycles. The van der Waals surface area contributed by atoms with Gasteiger partial charge in [-0.05, 0) is 39.2 Å². The number of piperidine rings is 2. The second-order valence-electron chi connectivity index (χ2n) is 5.26. The fraction of sp³-hybridized carbons (Fsp3) is 0.933. The fourth-order valence-electron chi connectivity index (χ4n) is 2.58. The van der Waals surface area contributed by atoms with Crippen LogP contribution in [0.15, 0.2) is 0 Å². The summed E-state index contributed by atoms with van der Waals surface area (Å²) in [5.74, 6) is 0.184. The highest BCUT2D eigenvalue weighted by atomic mass is 16.5. The first-order valence-electron chi connectivity index (χ1n) is 7.83. The van der Waals surface area contributed by atoms with Gasteiger partial charge in [-0.25, -0.2) is 0 Å². The van der Waals surface area contributed by atoms with Crippen molar-refractivity contribution in [3.05, 3.63) is 0 Å². The lowest BCUT2D eigenvalue weighted by Crippen LogP contribution is -2.40. The highest BCUT2D eigenvalue weighted by molar-refractivity contribution is 5.77. The number of nitrogens with zero attached hydrogens (tertiary/aromatic N) is 2. The predicted octanol–water partition coefficient (Wildman–Crippen LogP) is 2.14. The van der Waals surface area contributed by atoms with E-state index in [1.165, 1.54) is 6.42 Å². The van der Waals surface area contributed by atoms with E-state index >= 15 is 0 Å². The average Bonchev–Trinajstić information content (AvgIpc) is 2.49. The lowest BCUT2D eigenvalue weighted by molar-refractivity contribution is -0.140. The van der Waals surface area contributed by atoms with Crippen LogP contribution in [0.4, 0.5) is 0 Å². The minimum atomic E-state index is 0.184. The third-order valence-electron chi connectivity index (χ3n) is 3.82. The number of ether oxygens (including phenoxy) is 1. The van der Waals surface area contributed by atoms with Crippen LogP contribution in [-0.2, 0) is 9.53 Å². The predicted molar refractivity (Wildman–Crippen MR) is 78.3 cm³/mol. The number of amides is 1. The number of carbonyl (C=O) groups excluding carboxylic acids is 1. The molecule has 0 aromatic heterocycles. The molecule has 0 aromatic carbocycles. The zero-order chi connectivity index (χ0) is 14.1. The van der Waals surface area contributed by atoms with Gasteiger partial charge in [-0.1, -0.05) is 13.8 Å². The van der Waals surface area contributed by atoms with Crippen LogP contribution in [0.3, 0.4) is 0 Å². The van der Waals surface area contributed by atoms with Crippen molar-refractivity contribution in [1.82, 2.24) is 9.80 Å². The zero-order valence-corrected chi connectivity index (χ0v) is 12.9. The maximum absolute atomic E-state index is 11.9. The largest absolute Gasteiger partial charge is 0.368 e. The van der Waals surface area contributed by atoms with Gasteiger partial charge in [0, 0.05) is 26.2 Å². The highest BCUT2D eigenvalue weighted by Crippen LogP contribution is 2.13. The maximum atomic E-state index is 11.9. The van der Waals surface area contributed by atoms with Crippen molar-refractivity contribution in [3.8, 4) is 0 Å². The molecular weight excluding hydrogens is 240 g/mol. The van der Waals surface area contributed by atoms with Gasteiger partial charge in [-0.2, -0.15) is 0 Å². The molecule has 0 spiro atoms. The van der Waals surface area contributed by atoms with Gasteiger partial charge in [0.25, 0.3) is 0 Å². The average molecular weight is 270 g/mol. The van der Waals surface area contributed by atoms with Gasteiger partial charge in [-0.15, -0.1) is 0 Å². The summed E-state index contributed by atoms with van der Waals surface area (Å²) in [7, 11) is 2.13. The van der Waals surface area contributed by atoms with E-state index in [1.54, 1.807) is 0 Å². The van der Waals surface area contributed by atoms with E-state index in [-0.39, 0.29) is 12.5 Å². The van der Waals surface area contributed by atoms with Crippen LogP contribution in [0.1, 0.15) is 46.0 Å². The summed E-state index contributed by atoms with van der Waals surface area (Å²) in [6, 6.07) is 0. The van der Waals surface area contributed by atoms with Crippen LogP contribution in [0.25, 0.3) is 0 Å². The van der Waals surface area contributed by atoms with E-state index in [0.717, 1.165) is 51.9 Å². The summed E-state index contributed by atoms with van der Waals surface area (Å²) in [4.78, 5) is 16.2. The zero-order valence-electron chi connectivity index (χ0n) is 12.9. The fourth-order valence-corrected chi connectivity index (χ4v) is 2.58. The summed E-state index contributed by atoms with van der Waals surface area (Å²) in [5, 5.41) is 0. The van der Waals surface area contributed by atoms with E-state index in [0.29, 0.717) is 6.10 Å². The molecule has 0 unspecified atom stereocenters. The molecule has 2 rings (SSSR count). The van der Waals surface area contributed by atoms with Crippen LogP contribution in [0.5, 0.6) is 0 Å². The van der Waals surface area contributed by atoms with E-state index in [4.69, 9.17) is 4.74 Å². The second kappa shape index (κ2) is 9.32. The van der Waals surface area contributed by atoms with Crippen molar-refractivity contribution in [2.45, 2.75) is 52.1 Å². The number of hydrogen-bond donors (Lipinski definition) is 0. The second-order valence-corrected chi connectivity index (χ2v) is 5.26. The quantitative estimate of drug-likeness (QED) is 0.787. The molecule has 0 atom stereocenters. The van der Waals surface area contributed by atoms with E-state index in [1.807, 2.05) is 18.7 Å². The number of carbonyl (C=O) groups is 1. The number of hydrogen-bond acceptors (Lipinski definition) is 3. The van der Waals surface area contributed by atoms with Crippen LogP contribution >= 0.6 is 0 Å². The van der Waals surface area contributed by atoms with Crippen LogP contribution < -0.4 is 0 Å². The molecule has 0 bridgehead atoms. The third-order valence-corrected chi connectivity index (χ3v) is 3.82. The first-order valence-corrected chi connectivity index (χ1v) is 7.83. The Morgan fingerprint density at radius 2 is 1.63 bits per heavy atom. The Hall–Kier alpha value is -0.610. The molecule has 4 heteroatoms. The van der Waals surface area contributed by atoms with Crippen LogP contribution in [0.2, 0.25) is 0 Å². The first-order chi connectivity index (χ1) is 9.25. The minimum absolute atomic E-state index is 0.184. The van der Waals surface area contributed by atoms with Gasteiger partial charge in [0.1, 0.15) is 6.61 Å². The number of rotatable bonds is 3. The van der Waals surface area contributed by atoms with Gasteiger partial charge in [-0.3, -0.25) is 4.79 Å². The SMILES string of the molecule is CC.CN1CCC(OCC(=O)N2CCCCC2)CC1. The van der Waals surface area contributed by atoms with Crippen molar-refractivity contribution in [3.63, 3.8) is 0 Å². The highest BCUT2D eigenvalue weighted by Gasteiger charge is 2.21. The summed E-state index contributed by atoms with van der Waals surface area (Å²) in [6.45, 7) is 8.31. The molecule has 2 aliphatic heterocycles. The Kier molecular flexibility index (Phi) is 8.07. The Balaban J connectivity index is 0.000000861. The molecular formula is C15H30N2O2. The van der Waals surface area contributed by atoms with E-state index < -0.39 is 0 Å². The lowest BCUT2D eigenvalue weighted by atomic mass is 10.1. The van der Waals surface area contributed by atoms with Crippen molar-refractivity contribution < 1.29 is 9.53 Å². The van der Waals surface area contributed by atoms with Gasteiger partial charge in [0.15, 0.2) is 0 Å². The molecule has 2 saturated heterocycles. The smallest absolute Gasteiger partial charge is 0.248 e. The molecule has 0 saturated carbocycles. The van der Waals surface area contributed by atoms with Gasteiger partial charge < -0.3 is 14.5 Å². The van der Waals surface area contributed by atoms with Crippen molar-refractivity contribution >= 4 is 5.91 Å². The summed E-state index contributed by atoms with van der Waals surface area (Å²) < 4.78 is 5.73. The van der Waals surface area contributed by atoms with Crippen molar-refractivity contribution in [1.29, 1.82) is 0 Å². The molecule has 0 radical (unpaired) electrons. The molecule has 1 amide bonds. The minimum Gasteiger partial charge on any atom is -0.368 e. The maximum Gasteiger partial charge on any atom is 0.248 e. The van der Waals surface area contributed by atoms with E-state index in [9.17, 15) is 4.79 Å². The molecule has 112 valence electrons. The van der Waals surface area contributed by atoms with Gasteiger partial charge >= 0.3 is 0 Å². The normalized spacial score (nSPS) is 21.7. The lowest BCUT2D eigenvalue weighted by Gasteiger charge is -2.30. The molecule has 2 fully saturated rings.